The van der Waals surface area contributed by atoms with Crippen molar-refractivity contribution in [2.24, 2.45) is 7.05 Å². The first-order valence-corrected chi connectivity index (χ1v) is 10.7. The quantitative estimate of drug-likeness (QED) is 0.360. The summed E-state index contributed by atoms with van der Waals surface area (Å²) in [5.41, 5.74) is 9.27. The molecule has 0 saturated carbocycles. The van der Waals surface area contributed by atoms with Gasteiger partial charge in [0, 0.05) is 35.8 Å². The van der Waals surface area contributed by atoms with Gasteiger partial charge in [-0.1, -0.05) is 35.3 Å². The molecule has 4 aromatic rings. The van der Waals surface area contributed by atoms with E-state index in [2.05, 4.69) is 10.3 Å². The van der Waals surface area contributed by atoms with Gasteiger partial charge in [0.25, 0.3) is 5.56 Å². The topological polar surface area (TPSA) is 91.4 Å². The molecule has 0 amide bonds. The van der Waals surface area contributed by atoms with E-state index in [9.17, 15) is 4.79 Å². The number of nitrogens with one attached hydrogen (secondary N) is 1. The number of hydrogen-bond acceptors (Lipinski definition) is 6. The highest BCUT2D eigenvalue weighted by atomic mass is 35.5. The minimum atomic E-state index is -0.277. The molecule has 2 aromatic carbocycles. The summed E-state index contributed by atoms with van der Waals surface area (Å²) in [6.45, 7) is 1.89. The Morgan fingerprint density at radius 2 is 1.70 bits per heavy atom. The standard InChI is InChI=1S/C24H22Cl2N4O3/c1-12-22-13(11-28-23(12)29-16-8-6-5-7-15(16)27)9-14(24(31)30(22)2)19-20(25)17(32-3)10-18(33-4)21(19)26/h5-11H,27H2,1-4H3,(H,28,29). The first-order chi connectivity index (χ1) is 15.8. The maximum absolute atomic E-state index is 13.5. The van der Waals surface area contributed by atoms with Gasteiger partial charge in [0.15, 0.2) is 0 Å². The molecule has 0 spiro atoms. The van der Waals surface area contributed by atoms with Crippen molar-refractivity contribution in [2.45, 2.75) is 6.92 Å². The fraction of sp³-hybridized carbons (Fsp3) is 0.167. The van der Waals surface area contributed by atoms with Gasteiger partial charge in [-0.25, -0.2) is 4.98 Å². The number of halogens is 2. The number of aromatic nitrogens is 2. The lowest BCUT2D eigenvalue weighted by molar-refractivity contribution is 0.395. The Kier molecular flexibility index (Phi) is 6.10. The van der Waals surface area contributed by atoms with Crippen LogP contribution in [0, 0.1) is 6.92 Å². The van der Waals surface area contributed by atoms with E-state index in [1.54, 1.807) is 36.0 Å². The first-order valence-electron chi connectivity index (χ1n) is 9.99. The molecule has 0 aliphatic rings. The number of methoxy groups -OCH3 is 2. The lowest BCUT2D eigenvalue weighted by Crippen LogP contribution is -2.20. The second-order valence-corrected chi connectivity index (χ2v) is 8.21. The molecule has 33 heavy (non-hydrogen) atoms. The molecule has 0 atom stereocenters. The zero-order chi connectivity index (χ0) is 23.9. The zero-order valence-electron chi connectivity index (χ0n) is 18.5. The van der Waals surface area contributed by atoms with Gasteiger partial charge in [0.1, 0.15) is 17.3 Å². The molecule has 0 aliphatic heterocycles. The highest BCUT2D eigenvalue weighted by Crippen LogP contribution is 2.45. The van der Waals surface area contributed by atoms with Crippen LogP contribution in [-0.2, 0) is 7.05 Å². The summed E-state index contributed by atoms with van der Waals surface area (Å²) < 4.78 is 12.3. The second kappa shape index (κ2) is 8.84. The number of nitrogens with zero attached hydrogens (tertiary/aromatic N) is 2. The van der Waals surface area contributed by atoms with E-state index in [1.807, 2.05) is 25.1 Å². The molecule has 0 radical (unpaired) electrons. The van der Waals surface area contributed by atoms with E-state index in [-0.39, 0.29) is 15.6 Å². The third-order valence-electron chi connectivity index (χ3n) is 5.54. The van der Waals surface area contributed by atoms with E-state index in [0.717, 1.165) is 22.2 Å². The molecule has 0 aliphatic carbocycles. The fourth-order valence-electron chi connectivity index (χ4n) is 3.84. The van der Waals surface area contributed by atoms with Crippen molar-refractivity contribution in [3.63, 3.8) is 0 Å². The van der Waals surface area contributed by atoms with Gasteiger partial charge in [-0.05, 0) is 25.1 Å². The number of aryl methyl sites for hydroxylation is 2. The normalized spacial score (nSPS) is 11.0. The van der Waals surface area contributed by atoms with E-state index in [0.29, 0.717) is 34.1 Å². The van der Waals surface area contributed by atoms with Crippen LogP contribution in [0.5, 0.6) is 11.5 Å². The largest absolute Gasteiger partial charge is 0.495 e. The van der Waals surface area contributed by atoms with Crippen molar-refractivity contribution in [2.75, 3.05) is 25.3 Å². The first kappa shape index (κ1) is 22.8. The van der Waals surface area contributed by atoms with Crippen LogP contribution in [0.25, 0.3) is 22.0 Å². The summed E-state index contributed by atoms with van der Waals surface area (Å²) in [5.74, 6) is 1.30. The number of anilines is 3. The Balaban J connectivity index is 1.94. The molecule has 3 N–H and O–H groups in total. The van der Waals surface area contributed by atoms with Crippen molar-refractivity contribution in [1.82, 2.24) is 9.55 Å². The van der Waals surface area contributed by atoms with E-state index in [1.165, 1.54) is 14.2 Å². The van der Waals surface area contributed by atoms with Crippen molar-refractivity contribution < 1.29 is 9.47 Å². The SMILES string of the molecule is COc1cc(OC)c(Cl)c(-c2cc3cnc(Nc4ccccc4N)c(C)c3n(C)c2=O)c1Cl. The Morgan fingerprint density at radius 1 is 1.06 bits per heavy atom. The predicted molar refractivity (Wildman–Crippen MR) is 134 cm³/mol. The van der Waals surface area contributed by atoms with Crippen LogP contribution in [0.4, 0.5) is 17.2 Å². The molecular formula is C24H22Cl2N4O3. The molecular weight excluding hydrogens is 463 g/mol. The van der Waals surface area contributed by atoms with Gasteiger partial charge in [-0.3, -0.25) is 4.79 Å². The van der Waals surface area contributed by atoms with E-state index >= 15 is 0 Å². The number of benzene rings is 2. The summed E-state index contributed by atoms with van der Waals surface area (Å²) in [4.78, 5) is 18.0. The molecule has 9 heteroatoms. The Bertz CT molecular complexity index is 1420. The molecule has 0 bridgehead atoms. The number of ether oxygens (including phenoxy) is 2. The number of nitrogens with two attached hydrogens (primary N) is 1. The van der Waals surface area contributed by atoms with Crippen LogP contribution in [0.2, 0.25) is 10.0 Å². The van der Waals surface area contributed by atoms with E-state index < -0.39 is 0 Å². The summed E-state index contributed by atoms with van der Waals surface area (Å²) in [5, 5.41) is 4.44. The van der Waals surface area contributed by atoms with Crippen LogP contribution in [0.1, 0.15) is 5.56 Å². The smallest absolute Gasteiger partial charge is 0.258 e. The number of rotatable bonds is 5. The minimum Gasteiger partial charge on any atom is -0.495 e. The van der Waals surface area contributed by atoms with Crippen molar-refractivity contribution in [1.29, 1.82) is 0 Å². The van der Waals surface area contributed by atoms with Crippen molar-refractivity contribution in [3.05, 3.63) is 68.6 Å². The van der Waals surface area contributed by atoms with Gasteiger partial charge in [0.05, 0.1) is 46.7 Å². The van der Waals surface area contributed by atoms with Crippen LogP contribution < -0.4 is 26.1 Å². The molecule has 0 fully saturated rings. The van der Waals surface area contributed by atoms with Crippen LogP contribution in [-0.4, -0.2) is 23.8 Å². The third kappa shape index (κ3) is 3.83. The molecule has 7 nitrogen and oxygen atoms in total. The van der Waals surface area contributed by atoms with Crippen LogP contribution in [0.15, 0.2) is 47.4 Å². The summed E-state index contributed by atoms with van der Waals surface area (Å²) in [6.07, 6.45) is 1.69. The summed E-state index contributed by atoms with van der Waals surface area (Å²) in [7, 11) is 4.66. The highest BCUT2D eigenvalue weighted by Gasteiger charge is 2.23. The second-order valence-electron chi connectivity index (χ2n) is 7.45. The van der Waals surface area contributed by atoms with Crippen LogP contribution >= 0.6 is 23.2 Å². The van der Waals surface area contributed by atoms with E-state index in [4.69, 9.17) is 38.4 Å². The average Bonchev–Trinajstić information content (AvgIpc) is 2.80. The lowest BCUT2D eigenvalue weighted by atomic mass is 10.0. The monoisotopic (exact) mass is 484 g/mol. The van der Waals surface area contributed by atoms with Gasteiger partial charge in [-0.2, -0.15) is 0 Å². The van der Waals surface area contributed by atoms with Gasteiger partial charge >= 0.3 is 0 Å². The minimum absolute atomic E-state index is 0.224. The molecule has 170 valence electrons. The average molecular weight is 485 g/mol. The fourth-order valence-corrected chi connectivity index (χ4v) is 4.54. The third-order valence-corrected chi connectivity index (χ3v) is 6.29. The molecule has 4 rings (SSSR count). The number of nitrogen functional groups attached to an aromatic ring is 1. The number of pyridine rings is 2. The number of para-hydroxylation sites is 2. The van der Waals surface area contributed by atoms with Gasteiger partial charge in [0.2, 0.25) is 0 Å². The number of hydrogen-bond donors (Lipinski definition) is 2. The van der Waals surface area contributed by atoms with Gasteiger partial charge < -0.3 is 25.1 Å². The maximum atomic E-state index is 13.5. The Labute approximate surface area is 200 Å². The Hall–Kier alpha value is -3.42. The van der Waals surface area contributed by atoms with Crippen molar-refractivity contribution >= 4 is 51.3 Å². The molecule has 2 heterocycles. The molecule has 0 unspecified atom stereocenters. The van der Waals surface area contributed by atoms with Gasteiger partial charge in [-0.15, -0.1) is 0 Å². The predicted octanol–water partition coefficient (Wildman–Crippen LogP) is 5.56. The molecule has 2 aromatic heterocycles. The van der Waals surface area contributed by atoms with Crippen LogP contribution in [0.3, 0.4) is 0 Å². The zero-order valence-corrected chi connectivity index (χ0v) is 20.0. The molecule has 0 saturated heterocycles. The summed E-state index contributed by atoms with van der Waals surface area (Å²) >= 11 is 13.1. The maximum Gasteiger partial charge on any atom is 0.258 e. The highest BCUT2D eigenvalue weighted by molar-refractivity contribution is 6.41. The van der Waals surface area contributed by atoms with Crippen molar-refractivity contribution in [3.8, 4) is 22.6 Å². The Morgan fingerprint density at radius 3 is 2.30 bits per heavy atom. The summed E-state index contributed by atoms with van der Waals surface area (Å²) in [6, 6.07) is 10.7. The number of fused-ring (bicyclic) bond motifs is 1. The lowest BCUT2D eigenvalue weighted by Gasteiger charge is -2.18.